The highest BCUT2D eigenvalue weighted by Gasteiger charge is 2.34. The molecule has 0 aliphatic carbocycles. The first-order chi connectivity index (χ1) is 18.0. The van der Waals surface area contributed by atoms with Crippen molar-refractivity contribution >= 4 is 11.8 Å². The van der Waals surface area contributed by atoms with Gasteiger partial charge >= 0.3 is 0 Å². The Kier molecular flexibility index (Phi) is 9.62. The first-order valence-corrected chi connectivity index (χ1v) is 12.9. The SMILES string of the molecule is CCOCC(COc1ccc(C2OCC(CCCCN3C(=O)c4ccccc4C3=O)O2)cc1F)OCC. The number of rotatable bonds is 14. The molecule has 2 aliphatic rings. The molecule has 2 amide bonds. The van der Waals surface area contributed by atoms with E-state index in [0.29, 0.717) is 62.5 Å². The number of carbonyl (C=O) groups excluding carboxylic acids is 2. The van der Waals surface area contributed by atoms with Gasteiger partial charge in [0, 0.05) is 25.3 Å². The average molecular weight is 516 g/mol. The first-order valence-electron chi connectivity index (χ1n) is 12.9. The second kappa shape index (κ2) is 13.1. The third-order valence-corrected chi connectivity index (χ3v) is 6.35. The van der Waals surface area contributed by atoms with Crippen molar-refractivity contribution < 1.29 is 37.7 Å². The summed E-state index contributed by atoms with van der Waals surface area (Å²) in [6.45, 7) is 6.20. The van der Waals surface area contributed by atoms with Gasteiger partial charge in [-0.3, -0.25) is 14.5 Å². The van der Waals surface area contributed by atoms with Gasteiger partial charge in [-0.25, -0.2) is 4.39 Å². The van der Waals surface area contributed by atoms with Gasteiger partial charge in [-0.15, -0.1) is 0 Å². The summed E-state index contributed by atoms with van der Waals surface area (Å²) >= 11 is 0. The Morgan fingerprint density at radius 3 is 2.46 bits per heavy atom. The molecule has 2 aliphatic heterocycles. The van der Waals surface area contributed by atoms with Crippen molar-refractivity contribution in [1.82, 2.24) is 4.90 Å². The molecule has 2 heterocycles. The van der Waals surface area contributed by atoms with Gasteiger partial charge in [0.1, 0.15) is 12.7 Å². The second-order valence-electron chi connectivity index (χ2n) is 8.96. The van der Waals surface area contributed by atoms with Crippen molar-refractivity contribution in [1.29, 1.82) is 0 Å². The zero-order valence-corrected chi connectivity index (χ0v) is 21.3. The van der Waals surface area contributed by atoms with Crippen LogP contribution in [0.5, 0.6) is 5.75 Å². The molecule has 0 saturated carbocycles. The fourth-order valence-electron chi connectivity index (χ4n) is 4.45. The number of benzene rings is 2. The lowest BCUT2D eigenvalue weighted by molar-refractivity contribution is -0.0616. The third kappa shape index (κ3) is 6.73. The lowest BCUT2D eigenvalue weighted by Crippen LogP contribution is -2.30. The lowest BCUT2D eigenvalue weighted by atomic mass is 10.1. The summed E-state index contributed by atoms with van der Waals surface area (Å²) in [5, 5.41) is 0. The minimum absolute atomic E-state index is 0.132. The van der Waals surface area contributed by atoms with E-state index in [0.717, 1.165) is 6.42 Å². The van der Waals surface area contributed by atoms with E-state index >= 15 is 0 Å². The standard InChI is InChI=1S/C28H34FNO7/c1-3-33-16-21(34-4-2)18-35-25-13-12-19(15-24(25)29)28-36-17-20(37-28)9-7-8-14-30-26(31)22-10-5-6-11-23(22)27(30)32/h5-6,10-13,15,20-21,28H,3-4,7-9,14,16-18H2,1-2H3. The van der Waals surface area contributed by atoms with Gasteiger partial charge in [0.15, 0.2) is 17.9 Å². The number of carbonyl (C=O) groups is 2. The van der Waals surface area contributed by atoms with Crippen molar-refractivity contribution in [2.45, 2.75) is 51.6 Å². The van der Waals surface area contributed by atoms with Crippen LogP contribution in [-0.2, 0) is 18.9 Å². The maximum absolute atomic E-state index is 14.7. The molecule has 8 nitrogen and oxygen atoms in total. The quantitative estimate of drug-likeness (QED) is 0.270. The van der Waals surface area contributed by atoms with E-state index in [9.17, 15) is 14.0 Å². The summed E-state index contributed by atoms with van der Waals surface area (Å²) in [6, 6.07) is 11.5. The highest BCUT2D eigenvalue weighted by molar-refractivity contribution is 6.21. The number of ether oxygens (including phenoxy) is 5. The molecule has 1 fully saturated rings. The Labute approximate surface area is 216 Å². The van der Waals surface area contributed by atoms with Crippen LogP contribution >= 0.6 is 0 Å². The number of nitrogens with zero attached hydrogens (tertiary/aromatic N) is 1. The third-order valence-electron chi connectivity index (χ3n) is 6.35. The van der Waals surface area contributed by atoms with Crippen LogP contribution < -0.4 is 4.74 Å². The molecule has 0 aromatic heterocycles. The van der Waals surface area contributed by atoms with Crippen LogP contribution in [0.15, 0.2) is 42.5 Å². The Morgan fingerprint density at radius 1 is 1.03 bits per heavy atom. The minimum atomic E-state index is -0.654. The fraction of sp³-hybridized carbons (Fsp3) is 0.500. The molecule has 3 atom stereocenters. The minimum Gasteiger partial charge on any atom is -0.488 e. The smallest absolute Gasteiger partial charge is 0.261 e. The Balaban J connectivity index is 1.20. The van der Waals surface area contributed by atoms with Crippen LogP contribution in [0.4, 0.5) is 4.39 Å². The van der Waals surface area contributed by atoms with E-state index in [-0.39, 0.29) is 36.4 Å². The number of hydrogen-bond donors (Lipinski definition) is 0. The van der Waals surface area contributed by atoms with Gasteiger partial charge in [-0.2, -0.15) is 0 Å². The molecule has 3 unspecified atom stereocenters. The van der Waals surface area contributed by atoms with E-state index in [1.807, 2.05) is 13.8 Å². The average Bonchev–Trinajstić information content (AvgIpc) is 3.47. The molecule has 37 heavy (non-hydrogen) atoms. The molecule has 1 saturated heterocycles. The highest BCUT2D eigenvalue weighted by Crippen LogP contribution is 2.31. The Bertz CT molecular complexity index is 1040. The highest BCUT2D eigenvalue weighted by atomic mass is 19.1. The molecule has 0 bridgehead atoms. The van der Waals surface area contributed by atoms with Crippen LogP contribution in [0.3, 0.4) is 0 Å². The van der Waals surface area contributed by atoms with Crippen LogP contribution in [0.25, 0.3) is 0 Å². The van der Waals surface area contributed by atoms with Gasteiger partial charge in [0.25, 0.3) is 11.8 Å². The number of hydrogen-bond acceptors (Lipinski definition) is 7. The normalized spacial score (nSPS) is 19.9. The van der Waals surface area contributed by atoms with E-state index in [1.54, 1.807) is 36.4 Å². The molecule has 0 N–H and O–H groups in total. The molecule has 4 rings (SSSR count). The molecule has 2 aromatic carbocycles. The van der Waals surface area contributed by atoms with Gasteiger partial charge in [0.05, 0.1) is 30.4 Å². The predicted molar refractivity (Wildman–Crippen MR) is 133 cm³/mol. The molecule has 2 aromatic rings. The van der Waals surface area contributed by atoms with Crippen LogP contribution in [0.1, 0.15) is 65.7 Å². The topological polar surface area (TPSA) is 83.5 Å². The lowest BCUT2D eigenvalue weighted by Gasteiger charge is -2.18. The fourth-order valence-corrected chi connectivity index (χ4v) is 4.45. The monoisotopic (exact) mass is 515 g/mol. The van der Waals surface area contributed by atoms with Crippen molar-refractivity contribution in [2.75, 3.05) is 39.6 Å². The van der Waals surface area contributed by atoms with E-state index in [1.165, 1.54) is 11.0 Å². The molecule has 0 spiro atoms. The summed E-state index contributed by atoms with van der Waals surface area (Å²) in [4.78, 5) is 26.2. The van der Waals surface area contributed by atoms with E-state index in [2.05, 4.69) is 0 Å². The number of halogens is 1. The summed E-state index contributed by atoms with van der Waals surface area (Å²) in [5.74, 6) is -0.843. The number of unbranched alkanes of at least 4 members (excludes halogenated alkanes) is 1. The number of fused-ring (bicyclic) bond motifs is 1. The number of amides is 2. The summed E-state index contributed by atoms with van der Waals surface area (Å²) < 4.78 is 43.0. The van der Waals surface area contributed by atoms with Crippen LogP contribution in [0, 0.1) is 5.82 Å². The summed E-state index contributed by atoms with van der Waals surface area (Å²) in [6.07, 6.45) is 1.07. The van der Waals surface area contributed by atoms with Gasteiger partial charge in [-0.05, 0) is 57.4 Å². The van der Waals surface area contributed by atoms with Crippen molar-refractivity contribution in [3.8, 4) is 5.75 Å². The zero-order chi connectivity index (χ0) is 26.2. The van der Waals surface area contributed by atoms with Gasteiger partial charge in [-0.1, -0.05) is 18.2 Å². The molecule has 0 radical (unpaired) electrons. The molecule has 9 heteroatoms. The van der Waals surface area contributed by atoms with Crippen molar-refractivity contribution in [3.63, 3.8) is 0 Å². The van der Waals surface area contributed by atoms with E-state index in [4.69, 9.17) is 23.7 Å². The molecule has 200 valence electrons. The summed E-state index contributed by atoms with van der Waals surface area (Å²) in [5.41, 5.74) is 1.51. The van der Waals surface area contributed by atoms with E-state index < -0.39 is 12.1 Å². The molecular formula is C28H34FNO7. The van der Waals surface area contributed by atoms with Gasteiger partial charge < -0.3 is 23.7 Å². The first kappa shape index (κ1) is 27.2. The van der Waals surface area contributed by atoms with Crippen molar-refractivity contribution in [3.05, 3.63) is 65.0 Å². The maximum atomic E-state index is 14.7. The van der Waals surface area contributed by atoms with Crippen molar-refractivity contribution in [2.24, 2.45) is 0 Å². The number of imide groups is 1. The molecular weight excluding hydrogens is 481 g/mol. The predicted octanol–water partition coefficient (Wildman–Crippen LogP) is 4.53. The van der Waals surface area contributed by atoms with Crippen LogP contribution in [-0.4, -0.2) is 68.5 Å². The Morgan fingerprint density at radius 2 is 1.78 bits per heavy atom. The van der Waals surface area contributed by atoms with Crippen LogP contribution in [0.2, 0.25) is 0 Å². The maximum Gasteiger partial charge on any atom is 0.261 e. The summed E-state index contributed by atoms with van der Waals surface area (Å²) in [7, 11) is 0. The largest absolute Gasteiger partial charge is 0.488 e. The zero-order valence-electron chi connectivity index (χ0n) is 21.3. The van der Waals surface area contributed by atoms with Gasteiger partial charge in [0.2, 0.25) is 0 Å². The second-order valence-corrected chi connectivity index (χ2v) is 8.96. The Hall–Kier alpha value is -2.85.